The van der Waals surface area contributed by atoms with E-state index in [-0.39, 0.29) is 24.1 Å². The van der Waals surface area contributed by atoms with Crippen LogP contribution < -0.4 is 0 Å². The number of carboxylic acid groups (broad SMARTS) is 1. The summed E-state index contributed by atoms with van der Waals surface area (Å²) in [4.78, 5) is 23.5. The van der Waals surface area contributed by atoms with Gasteiger partial charge in [-0.05, 0) is 79.1 Å². The number of ether oxygens (including phenoxy) is 1. The Kier molecular flexibility index (Phi) is 8.23. The molecule has 0 aliphatic rings. The van der Waals surface area contributed by atoms with Gasteiger partial charge in [0.25, 0.3) is 0 Å². The van der Waals surface area contributed by atoms with E-state index in [1.54, 1.807) is 36.4 Å². The molecule has 0 spiro atoms. The number of carbonyl (C=O) groups excluding carboxylic acids is 1. The number of carboxylic acids is 1. The van der Waals surface area contributed by atoms with E-state index in [0.717, 1.165) is 20.2 Å². The Labute approximate surface area is 213 Å². The first-order chi connectivity index (χ1) is 15.9. The molecule has 34 heavy (non-hydrogen) atoms. The van der Waals surface area contributed by atoms with Crippen LogP contribution in [0, 0.1) is 0 Å². The van der Waals surface area contributed by atoms with Gasteiger partial charge in [0.1, 0.15) is 15.4 Å². The van der Waals surface area contributed by atoms with Gasteiger partial charge >= 0.3 is 11.9 Å². The maximum absolute atomic E-state index is 12.0. The van der Waals surface area contributed by atoms with Gasteiger partial charge in [0.2, 0.25) is 0 Å². The quantitative estimate of drug-likeness (QED) is 0.247. The number of halogens is 2. The maximum Gasteiger partial charge on any atom is 0.348 e. The molecular weight excluding hydrogens is 519 g/mol. The molecular formula is C24H22Cl2O6S2. The van der Waals surface area contributed by atoms with Crippen LogP contribution in [0.2, 0.25) is 10.0 Å². The molecule has 0 fully saturated rings. The van der Waals surface area contributed by atoms with Crippen LogP contribution in [0.3, 0.4) is 0 Å². The van der Waals surface area contributed by atoms with Crippen molar-refractivity contribution in [3.8, 4) is 0 Å². The Morgan fingerprint density at radius 3 is 1.68 bits per heavy atom. The molecule has 4 aromatic rings. The van der Waals surface area contributed by atoms with Crippen LogP contribution in [0.25, 0.3) is 20.2 Å². The summed E-state index contributed by atoms with van der Waals surface area (Å²) in [5, 5.41) is 29.6. The molecule has 0 aliphatic carbocycles. The number of hydrogen-bond donors (Lipinski definition) is 3. The molecule has 2 aromatic heterocycles. The van der Waals surface area contributed by atoms with E-state index in [1.165, 1.54) is 22.7 Å². The molecule has 0 saturated carbocycles. The molecule has 3 N–H and O–H groups in total. The second-order valence-corrected chi connectivity index (χ2v) is 11.3. The lowest BCUT2D eigenvalue weighted by molar-refractivity contribution is 0.00750. The Bertz CT molecular complexity index is 1370. The van der Waals surface area contributed by atoms with Crippen molar-refractivity contribution in [1.82, 2.24) is 0 Å². The lowest BCUT2D eigenvalue weighted by Crippen LogP contribution is -2.23. The number of aliphatic hydroxyl groups is 2. The molecule has 2 aromatic carbocycles. The predicted octanol–water partition coefficient (Wildman–Crippen LogP) is 6.75. The van der Waals surface area contributed by atoms with Crippen LogP contribution in [0.4, 0.5) is 0 Å². The molecule has 0 aliphatic heterocycles. The fourth-order valence-electron chi connectivity index (χ4n) is 2.98. The number of aromatic carboxylic acids is 1. The highest BCUT2D eigenvalue weighted by molar-refractivity contribution is 7.21. The number of carbonyl (C=O) groups is 2. The van der Waals surface area contributed by atoms with E-state index in [9.17, 15) is 14.7 Å². The van der Waals surface area contributed by atoms with Gasteiger partial charge in [-0.3, -0.25) is 0 Å². The second-order valence-electron chi connectivity index (χ2n) is 8.31. The Hall–Kier alpha value is -2.20. The number of thiophene rings is 2. The SMILES string of the molecule is CC(C)(C)OC(=O)c1cc2cc(Cl)c(CO)cc2s1.O=C(O)c1cc2cc(Cl)c(CO)cc2s1. The van der Waals surface area contributed by atoms with Crippen molar-refractivity contribution in [2.24, 2.45) is 0 Å². The van der Waals surface area contributed by atoms with Crippen LogP contribution in [-0.2, 0) is 18.0 Å². The van der Waals surface area contributed by atoms with E-state index >= 15 is 0 Å². The van der Waals surface area contributed by atoms with Crippen LogP contribution >= 0.6 is 45.9 Å². The van der Waals surface area contributed by atoms with Gasteiger partial charge in [-0.25, -0.2) is 9.59 Å². The van der Waals surface area contributed by atoms with Gasteiger partial charge in [-0.15, -0.1) is 22.7 Å². The highest BCUT2D eigenvalue weighted by atomic mass is 35.5. The van der Waals surface area contributed by atoms with Gasteiger partial charge in [0.05, 0.1) is 13.2 Å². The van der Waals surface area contributed by atoms with Gasteiger partial charge in [-0.2, -0.15) is 0 Å². The minimum absolute atomic E-state index is 0.117. The first kappa shape index (κ1) is 26.4. The zero-order valence-corrected chi connectivity index (χ0v) is 21.7. The van der Waals surface area contributed by atoms with Crippen LogP contribution in [0.5, 0.6) is 0 Å². The van der Waals surface area contributed by atoms with Crippen molar-refractivity contribution < 1.29 is 29.6 Å². The third kappa shape index (κ3) is 6.27. The fourth-order valence-corrected chi connectivity index (χ4v) is 5.37. The molecule has 0 radical (unpaired) electrons. The predicted molar refractivity (Wildman–Crippen MR) is 138 cm³/mol. The number of benzene rings is 2. The smallest absolute Gasteiger partial charge is 0.348 e. The zero-order chi connectivity index (χ0) is 25.2. The topological polar surface area (TPSA) is 104 Å². The minimum atomic E-state index is -0.946. The van der Waals surface area contributed by atoms with Gasteiger partial charge < -0.3 is 20.1 Å². The number of esters is 1. The molecule has 6 nitrogen and oxygen atoms in total. The fraction of sp³-hybridized carbons (Fsp3) is 0.250. The molecule has 4 rings (SSSR count). The first-order valence-electron chi connectivity index (χ1n) is 10.0. The van der Waals surface area contributed by atoms with Crippen molar-refractivity contribution in [3.63, 3.8) is 0 Å². The third-order valence-corrected chi connectivity index (χ3v) is 7.39. The number of rotatable bonds is 4. The Balaban J connectivity index is 0.000000196. The van der Waals surface area contributed by atoms with Crippen LogP contribution in [0.1, 0.15) is 51.2 Å². The zero-order valence-electron chi connectivity index (χ0n) is 18.5. The number of hydrogen-bond acceptors (Lipinski definition) is 7. The Morgan fingerprint density at radius 1 is 0.824 bits per heavy atom. The van der Waals surface area contributed by atoms with Gasteiger partial charge in [0.15, 0.2) is 0 Å². The summed E-state index contributed by atoms with van der Waals surface area (Å²) < 4.78 is 7.06. The summed E-state index contributed by atoms with van der Waals surface area (Å²) in [7, 11) is 0. The average Bonchev–Trinajstić information content (AvgIpc) is 3.35. The van der Waals surface area contributed by atoms with E-state index in [1.807, 2.05) is 20.8 Å². The Morgan fingerprint density at radius 2 is 1.26 bits per heavy atom. The van der Waals surface area contributed by atoms with Crippen molar-refractivity contribution in [1.29, 1.82) is 0 Å². The molecule has 0 atom stereocenters. The minimum Gasteiger partial charge on any atom is -0.477 e. The van der Waals surface area contributed by atoms with Crippen molar-refractivity contribution in [2.45, 2.75) is 39.6 Å². The van der Waals surface area contributed by atoms with Crippen molar-refractivity contribution in [3.05, 3.63) is 67.3 Å². The standard InChI is InChI=1S/C14H15ClO3S.C10H7ClO3S/c1-14(2,3)18-13(17)12-5-8-4-10(15)9(7-16)6-11(8)19-12;11-7-1-5-2-9(10(13)14)15-8(5)3-6(7)4-12/h4-6,16H,7H2,1-3H3;1-3,12H,4H2,(H,13,14). The number of aliphatic hydroxyl groups excluding tert-OH is 2. The summed E-state index contributed by atoms with van der Waals surface area (Å²) >= 11 is 14.4. The van der Waals surface area contributed by atoms with Crippen LogP contribution in [-0.4, -0.2) is 32.9 Å². The molecule has 180 valence electrons. The lowest BCUT2D eigenvalue weighted by atomic mass is 10.2. The molecule has 0 saturated heterocycles. The van der Waals surface area contributed by atoms with Crippen molar-refractivity contribution >= 4 is 78.0 Å². The summed E-state index contributed by atoms with van der Waals surface area (Å²) in [6.45, 7) is 5.24. The van der Waals surface area contributed by atoms with Gasteiger partial charge in [0, 0.05) is 19.4 Å². The van der Waals surface area contributed by atoms with E-state index in [0.29, 0.717) is 26.0 Å². The molecule has 10 heteroatoms. The monoisotopic (exact) mass is 540 g/mol. The largest absolute Gasteiger partial charge is 0.477 e. The number of fused-ring (bicyclic) bond motifs is 2. The average molecular weight is 541 g/mol. The van der Waals surface area contributed by atoms with Crippen molar-refractivity contribution in [2.75, 3.05) is 0 Å². The summed E-state index contributed by atoms with van der Waals surface area (Å²) in [6, 6.07) is 10.3. The molecule has 2 heterocycles. The third-order valence-electron chi connectivity index (χ3n) is 4.52. The highest BCUT2D eigenvalue weighted by Crippen LogP contribution is 2.32. The maximum atomic E-state index is 12.0. The van der Waals surface area contributed by atoms with E-state index in [4.69, 9.17) is 38.2 Å². The summed E-state index contributed by atoms with van der Waals surface area (Å²) in [5.41, 5.74) is 0.760. The molecule has 0 amide bonds. The van der Waals surface area contributed by atoms with E-state index < -0.39 is 11.6 Å². The summed E-state index contributed by atoms with van der Waals surface area (Å²) in [5.74, 6) is -1.28. The van der Waals surface area contributed by atoms with Crippen LogP contribution in [0.15, 0.2) is 36.4 Å². The molecule has 0 unspecified atom stereocenters. The van der Waals surface area contributed by atoms with Gasteiger partial charge in [-0.1, -0.05) is 23.2 Å². The highest BCUT2D eigenvalue weighted by Gasteiger charge is 2.20. The first-order valence-corrected chi connectivity index (χ1v) is 12.4. The lowest BCUT2D eigenvalue weighted by Gasteiger charge is -2.18. The van der Waals surface area contributed by atoms with E-state index in [2.05, 4.69) is 0 Å². The molecule has 0 bridgehead atoms. The summed E-state index contributed by atoms with van der Waals surface area (Å²) in [6.07, 6.45) is 0. The second kappa shape index (κ2) is 10.6. The normalized spacial score (nSPS) is 11.4.